The van der Waals surface area contributed by atoms with E-state index < -0.39 is 17.7 Å². The molecule has 152 valence electrons. The fraction of sp³-hybridized carbons (Fsp3) is 0.167. The van der Waals surface area contributed by atoms with E-state index in [1.807, 2.05) is 32.0 Å². The minimum Gasteiger partial charge on any atom is -0.507 e. The molecule has 1 atom stereocenters. The molecule has 1 saturated heterocycles. The lowest BCUT2D eigenvalue weighted by atomic mass is 9.99. The Bertz CT molecular complexity index is 1190. The Labute approximate surface area is 182 Å². The summed E-state index contributed by atoms with van der Waals surface area (Å²) in [5, 5.41) is 11.0. The van der Waals surface area contributed by atoms with E-state index in [0.29, 0.717) is 22.8 Å². The van der Waals surface area contributed by atoms with Crippen molar-refractivity contribution in [2.75, 3.05) is 4.90 Å². The number of nitrogens with zero attached hydrogens (tertiary/aromatic N) is 1. The highest BCUT2D eigenvalue weighted by Crippen LogP contribution is 2.43. The van der Waals surface area contributed by atoms with Crippen LogP contribution in [0.15, 0.2) is 69.1 Å². The first-order valence-electron chi connectivity index (χ1n) is 9.48. The van der Waals surface area contributed by atoms with E-state index in [9.17, 15) is 14.7 Å². The molecule has 3 aromatic rings. The third kappa shape index (κ3) is 3.37. The predicted molar refractivity (Wildman–Crippen MR) is 118 cm³/mol. The molecule has 1 amide bonds. The number of halogens is 1. The summed E-state index contributed by atoms with van der Waals surface area (Å²) in [6.45, 7) is 5.65. The molecule has 0 bridgehead atoms. The third-order valence-corrected chi connectivity index (χ3v) is 5.73. The van der Waals surface area contributed by atoms with E-state index in [1.54, 1.807) is 43.3 Å². The lowest BCUT2D eigenvalue weighted by Gasteiger charge is -2.25. The molecule has 1 fully saturated rings. The molecule has 0 spiro atoms. The van der Waals surface area contributed by atoms with Crippen molar-refractivity contribution < 1.29 is 19.1 Å². The maximum Gasteiger partial charge on any atom is 0.300 e. The molecule has 4 rings (SSSR count). The molecule has 2 heterocycles. The number of benzene rings is 2. The molecule has 6 heteroatoms. The second kappa shape index (κ2) is 7.61. The lowest BCUT2D eigenvalue weighted by Crippen LogP contribution is -2.30. The van der Waals surface area contributed by atoms with Crippen LogP contribution in [0, 0.1) is 20.8 Å². The normalized spacial score (nSPS) is 18.3. The monoisotopic (exact) mass is 465 g/mol. The van der Waals surface area contributed by atoms with Crippen molar-refractivity contribution in [3.05, 3.63) is 92.9 Å². The molecule has 1 aromatic heterocycles. The molecule has 0 aliphatic carbocycles. The number of carbonyl (C=O) groups excluding carboxylic acids is 2. The number of anilines is 1. The van der Waals surface area contributed by atoms with Crippen molar-refractivity contribution in [2.24, 2.45) is 0 Å². The largest absolute Gasteiger partial charge is 0.507 e. The van der Waals surface area contributed by atoms with Gasteiger partial charge >= 0.3 is 0 Å². The summed E-state index contributed by atoms with van der Waals surface area (Å²) in [5.74, 6) is -0.591. The Morgan fingerprint density at radius 1 is 1.00 bits per heavy atom. The van der Waals surface area contributed by atoms with Crippen LogP contribution in [-0.4, -0.2) is 16.8 Å². The van der Waals surface area contributed by atoms with Gasteiger partial charge in [-0.25, -0.2) is 0 Å². The summed E-state index contributed by atoms with van der Waals surface area (Å²) in [5.41, 5.74) is 2.97. The number of aliphatic hydroxyl groups excluding tert-OH is 1. The number of carbonyl (C=O) groups is 2. The van der Waals surface area contributed by atoms with Crippen LogP contribution in [0.3, 0.4) is 0 Å². The number of ketones is 1. The van der Waals surface area contributed by atoms with E-state index >= 15 is 0 Å². The lowest BCUT2D eigenvalue weighted by molar-refractivity contribution is -0.132. The first-order valence-corrected chi connectivity index (χ1v) is 10.3. The minimum atomic E-state index is -0.858. The van der Waals surface area contributed by atoms with Crippen molar-refractivity contribution in [3.63, 3.8) is 0 Å². The maximum atomic E-state index is 13.1. The Morgan fingerprint density at radius 3 is 2.30 bits per heavy atom. The third-order valence-electron chi connectivity index (χ3n) is 5.20. The average molecular weight is 466 g/mol. The number of Topliss-reactive ketones (excluding diaryl/α,β-unsaturated/α-hetero) is 1. The van der Waals surface area contributed by atoms with Gasteiger partial charge in [0.15, 0.2) is 0 Å². The van der Waals surface area contributed by atoms with Gasteiger partial charge in [-0.1, -0.05) is 45.8 Å². The Hall–Kier alpha value is -3.12. The van der Waals surface area contributed by atoms with Gasteiger partial charge in [-0.2, -0.15) is 0 Å². The van der Waals surface area contributed by atoms with Gasteiger partial charge < -0.3 is 9.52 Å². The van der Waals surface area contributed by atoms with Crippen LogP contribution in [-0.2, 0) is 9.59 Å². The minimum absolute atomic E-state index is 0.0108. The fourth-order valence-electron chi connectivity index (χ4n) is 3.79. The highest BCUT2D eigenvalue weighted by molar-refractivity contribution is 9.10. The zero-order valence-corrected chi connectivity index (χ0v) is 18.4. The molecule has 1 aliphatic rings. The van der Waals surface area contributed by atoms with Crippen LogP contribution >= 0.6 is 15.9 Å². The molecule has 1 aliphatic heterocycles. The van der Waals surface area contributed by atoms with Crippen LogP contribution in [0.5, 0.6) is 0 Å². The number of rotatable bonds is 3. The summed E-state index contributed by atoms with van der Waals surface area (Å²) in [6.07, 6.45) is 0. The van der Waals surface area contributed by atoms with Gasteiger partial charge in [0.2, 0.25) is 0 Å². The number of aryl methyl sites for hydroxylation is 3. The molecule has 30 heavy (non-hydrogen) atoms. The van der Waals surface area contributed by atoms with Crippen molar-refractivity contribution >= 4 is 39.1 Å². The average Bonchev–Trinajstić information content (AvgIpc) is 3.24. The van der Waals surface area contributed by atoms with Gasteiger partial charge in [-0.3, -0.25) is 14.5 Å². The van der Waals surface area contributed by atoms with Crippen LogP contribution < -0.4 is 4.90 Å². The van der Waals surface area contributed by atoms with E-state index in [0.717, 1.165) is 15.6 Å². The van der Waals surface area contributed by atoms with E-state index in [-0.39, 0.29) is 11.3 Å². The van der Waals surface area contributed by atoms with Gasteiger partial charge in [0.1, 0.15) is 23.3 Å². The van der Waals surface area contributed by atoms with Crippen molar-refractivity contribution in [1.29, 1.82) is 0 Å². The molecule has 1 unspecified atom stereocenters. The van der Waals surface area contributed by atoms with E-state index in [4.69, 9.17) is 4.42 Å². The number of furan rings is 1. The van der Waals surface area contributed by atoms with Gasteiger partial charge in [-0.05, 0) is 56.7 Å². The Balaban J connectivity index is 1.95. The maximum absolute atomic E-state index is 13.1. The molecular formula is C24H20BrNO4. The van der Waals surface area contributed by atoms with Crippen LogP contribution in [0.25, 0.3) is 5.76 Å². The molecule has 5 nitrogen and oxygen atoms in total. The zero-order chi connectivity index (χ0) is 21.6. The number of hydrogen-bond acceptors (Lipinski definition) is 4. The summed E-state index contributed by atoms with van der Waals surface area (Å²) >= 11 is 3.36. The molecular weight excluding hydrogens is 446 g/mol. The van der Waals surface area contributed by atoms with Crippen molar-refractivity contribution in [3.8, 4) is 0 Å². The van der Waals surface area contributed by atoms with E-state index in [1.165, 1.54) is 4.90 Å². The van der Waals surface area contributed by atoms with Gasteiger partial charge in [0.05, 0.1) is 5.57 Å². The Morgan fingerprint density at radius 2 is 1.70 bits per heavy atom. The standard InChI is InChI=1S/C24H20BrNO4/c1-13-4-10-18(14(2)12-13)26-21(19-11-5-15(3)30-19)20(23(28)24(26)29)22(27)16-6-8-17(25)9-7-16/h4-12,21,27H,1-3H3/b22-20-. The highest BCUT2D eigenvalue weighted by Gasteiger charge is 2.48. The number of amides is 1. The summed E-state index contributed by atoms with van der Waals surface area (Å²) < 4.78 is 6.66. The number of hydrogen-bond donors (Lipinski definition) is 1. The van der Waals surface area contributed by atoms with Crippen molar-refractivity contribution in [1.82, 2.24) is 0 Å². The molecule has 2 aromatic carbocycles. The predicted octanol–water partition coefficient (Wildman–Crippen LogP) is 5.59. The summed E-state index contributed by atoms with van der Waals surface area (Å²) in [6, 6.07) is 15.2. The molecule has 0 radical (unpaired) electrons. The van der Waals surface area contributed by atoms with Crippen LogP contribution in [0.2, 0.25) is 0 Å². The quantitative estimate of drug-likeness (QED) is 0.310. The topological polar surface area (TPSA) is 70.8 Å². The SMILES string of the molecule is Cc1ccc(N2C(=O)C(=O)/C(=C(\O)c3ccc(Br)cc3)C2c2ccc(C)o2)c(C)c1. The van der Waals surface area contributed by atoms with Gasteiger partial charge in [0, 0.05) is 15.7 Å². The highest BCUT2D eigenvalue weighted by atomic mass is 79.9. The zero-order valence-electron chi connectivity index (χ0n) is 16.8. The van der Waals surface area contributed by atoms with Crippen LogP contribution in [0.1, 0.15) is 34.3 Å². The Kier molecular flexibility index (Phi) is 5.12. The molecule has 0 saturated carbocycles. The molecule has 1 N–H and O–H groups in total. The summed E-state index contributed by atoms with van der Waals surface area (Å²) in [4.78, 5) is 27.6. The second-order valence-electron chi connectivity index (χ2n) is 7.41. The van der Waals surface area contributed by atoms with Crippen LogP contribution in [0.4, 0.5) is 5.69 Å². The second-order valence-corrected chi connectivity index (χ2v) is 8.33. The van der Waals surface area contributed by atoms with E-state index in [2.05, 4.69) is 15.9 Å². The summed E-state index contributed by atoms with van der Waals surface area (Å²) in [7, 11) is 0. The number of aliphatic hydroxyl groups is 1. The van der Waals surface area contributed by atoms with Crippen molar-refractivity contribution in [2.45, 2.75) is 26.8 Å². The first kappa shape index (κ1) is 20.2. The smallest absolute Gasteiger partial charge is 0.300 e. The fourth-order valence-corrected chi connectivity index (χ4v) is 4.05. The first-order chi connectivity index (χ1) is 14.3. The van der Waals surface area contributed by atoms with Gasteiger partial charge in [0.25, 0.3) is 11.7 Å². The van der Waals surface area contributed by atoms with Gasteiger partial charge in [-0.15, -0.1) is 0 Å².